The van der Waals surface area contributed by atoms with Crippen molar-refractivity contribution in [2.24, 2.45) is 5.10 Å². The Morgan fingerprint density at radius 1 is 1.17 bits per heavy atom. The summed E-state index contributed by atoms with van der Waals surface area (Å²) in [6.07, 6.45) is 0.302. The highest BCUT2D eigenvalue weighted by molar-refractivity contribution is 9.10. The van der Waals surface area contributed by atoms with Gasteiger partial charge in [0.25, 0.3) is 0 Å². The minimum Gasteiger partial charge on any atom is -0.490 e. The number of carbonyl (C=O) groups is 2. The fourth-order valence-electron chi connectivity index (χ4n) is 3.99. The van der Waals surface area contributed by atoms with Gasteiger partial charge in [-0.2, -0.15) is 10.4 Å². The number of benzene rings is 2. The molecule has 2 aromatic rings. The van der Waals surface area contributed by atoms with Gasteiger partial charge in [0, 0.05) is 5.70 Å². The molecular weight excluding hydrogens is 614 g/mol. The van der Waals surface area contributed by atoms with E-state index in [1.807, 2.05) is 13.0 Å². The maximum atomic E-state index is 12.4. The number of carbonyl (C=O) groups excluding carboxylic acids is 2. The lowest BCUT2D eigenvalue weighted by molar-refractivity contribution is -0.136. The molecule has 0 saturated carbocycles. The number of esters is 1. The van der Waals surface area contributed by atoms with E-state index in [4.69, 9.17) is 28.9 Å². The van der Waals surface area contributed by atoms with E-state index < -0.39 is 24.3 Å². The van der Waals surface area contributed by atoms with Crippen LogP contribution in [0.2, 0.25) is 0 Å². The molecule has 0 aromatic heterocycles. The van der Waals surface area contributed by atoms with Gasteiger partial charge in [0.1, 0.15) is 12.7 Å². The van der Waals surface area contributed by atoms with Crippen LogP contribution >= 0.6 is 15.9 Å². The standard InChI is InChI=1S/C28H32BrN5O8/c1-5-39-21-13-18(25-24(27(36)38-4)16(3)32-28(37)33-25)7-8-20(21)42-15-23(35)34-31-14-17-11-19(29)26(41-10-9-30)22(12-17)40-6-2/h7-8,11-14,23,25,34-35H,5-6,10,15H2,1-4H3,(H2,32,33,37)/b31-14-/t23-,25+/m1/s1. The molecular formula is C28H32BrN5O8. The predicted molar refractivity (Wildman–Crippen MR) is 155 cm³/mol. The molecule has 0 saturated heterocycles. The fraction of sp³-hybridized carbons (Fsp3) is 0.357. The summed E-state index contributed by atoms with van der Waals surface area (Å²) in [5, 5.41) is 28.6. The third-order valence-electron chi connectivity index (χ3n) is 5.72. The van der Waals surface area contributed by atoms with Gasteiger partial charge in [0.2, 0.25) is 0 Å². The monoisotopic (exact) mass is 645 g/mol. The van der Waals surface area contributed by atoms with E-state index >= 15 is 0 Å². The van der Waals surface area contributed by atoms with Crippen molar-refractivity contribution in [2.75, 3.05) is 33.5 Å². The van der Waals surface area contributed by atoms with Crippen LogP contribution in [0.4, 0.5) is 4.79 Å². The zero-order valence-electron chi connectivity index (χ0n) is 23.5. The second-order valence-corrected chi connectivity index (χ2v) is 9.48. The SMILES string of the molecule is CCOc1cc([C@@H]2NC(=O)NC(C)=C2C(=O)OC)ccc1OC[C@@H](O)N/N=C\c1cc(Br)c(OCC#N)c(OCC)c1. The van der Waals surface area contributed by atoms with Crippen molar-refractivity contribution >= 4 is 34.1 Å². The topological polar surface area (TPSA) is 173 Å². The third kappa shape index (κ3) is 8.27. The van der Waals surface area contributed by atoms with Crippen LogP contribution in [-0.4, -0.2) is 63.1 Å². The number of amides is 2. The largest absolute Gasteiger partial charge is 0.490 e. The maximum Gasteiger partial charge on any atom is 0.337 e. The average Bonchev–Trinajstić information content (AvgIpc) is 2.95. The Kier molecular flexibility index (Phi) is 11.8. The summed E-state index contributed by atoms with van der Waals surface area (Å²) in [7, 11) is 1.27. The van der Waals surface area contributed by atoms with E-state index in [0.29, 0.717) is 57.5 Å². The molecule has 1 heterocycles. The van der Waals surface area contributed by atoms with Crippen LogP contribution in [0.5, 0.6) is 23.0 Å². The smallest absolute Gasteiger partial charge is 0.337 e. The number of urea groups is 1. The minimum atomic E-state index is -1.18. The van der Waals surface area contributed by atoms with Gasteiger partial charge >= 0.3 is 12.0 Å². The van der Waals surface area contributed by atoms with Crippen LogP contribution in [0.25, 0.3) is 0 Å². The van der Waals surface area contributed by atoms with Crippen molar-refractivity contribution < 1.29 is 38.4 Å². The van der Waals surface area contributed by atoms with Gasteiger partial charge in [-0.15, -0.1) is 0 Å². The number of hydrazone groups is 1. The number of aliphatic hydroxyl groups excluding tert-OH is 1. The number of nitrogens with one attached hydrogen (secondary N) is 3. The van der Waals surface area contributed by atoms with E-state index in [9.17, 15) is 14.7 Å². The molecule has 0 radical (unpaired) electrons. The summed E-state index contributed by atoms with van der Waals surface area (Å²) in [6.45, 7) is 5.65. The van der Waals surface area contributed by atoms with E-state index in [1.165, 1.54) is 13.3 Å². The maximum absolute atomic E-state index is 12.4. The number of halogens is 1. The molecule has 14 heteroatoms. The molecule has 2 amide bonds. The summed E-state index contributed by atoms with van der Waals surface area (Å²) in [5.41, 5.74) is 4.45. The molecule has 13 nitrogen and oxygen atoms in total. The van der Waals surface area contributed by atoms with Crippen molar-refractivity contribution in [1.29, 1.82) is 5.26 Å². The van der Waals surface area contributed by atoms with Crippen LogP contribution in [-0.2, 0) is 9.53 Å². The zero-order chi connectivity index (χ0) is 30.6. The molecule has 2 atom stereocenters. The normalized spacial score (nSPS) is 15.3. The lowest BCUT2D eigenvalue weighted by Crippen LogP contribution is -2.45. The number of rotatable bonds is 14. The first-order valence-electron chi connectivity index (χ1n) is 12.9. The van der Waals surface area contributed by atoms with Crippen molar-refractivity contribution in [3.8, 4) is 29.1 Å². The molecule has 1 aliphatic rings. The predicted octanol–water partition coefficient (Wildman–Crippen LogP) is 3.27. The lowest BCUT2D eigenvalue weighted by atomic mass is 9.95. The molecule has 0 fully saturated rings. The van der Waals surface area contributed by atoms with Crippen molar-refractivity contribution in [3.05, 3.63) is 57.2 Å². The second-order valence-electron chi connectivity index (χ2n) is 8.62. The van der Waals surface area contributed by atoms with Gasteiger partial charge in [0.05, 0.1) is 42.6 Å². The number of hydrogen-bond acceptors (Lipinski definition) is 11. The highest BCUT2D eigenvalue weighted by Crippen LogP contribution is 2.37. The summed E-state index contributed by atoms with van der Waals surface area (Å²) in [6, 6.07) is 9.07. The number of hydrogen-bond donors (Lipinski definition) is 4. The molecule has 0 bridgehead atoms. The Morgan fingerprint density at radius 3 is 2.60 bits per heavy atom. The first-order valence-corrected chi connectivity index (χ1v) is 13.7. The Bertz CT molecular complexity index is 1390. The third-order valence-corrected chi connectivity index (χ3v) is 6.31. The van der Waals surface area contributed by atoms with Crippen molar-refractivity contribution in [3.63, 3.8) is 0 Å². The van der Waals surface area contributed by atoms with Gasteiger partial charge in [-0.1, -0.05) is 6.07 Å². The first-order chi connectivity index (χ1) is 20.2. The molecule has 3 rings (SSSR count). The van der Waals surface area contributed by atoms with Crippen LogP contribution in [0.3, 0.4) is 0 Å². The van der Waals surface area contributed by atoms with Crippen LogP contribution in [0.1, 0.15) is 37.9 Å². The van der Waals surface area contributed by atoms with Gasteiger partial charge in [-0.3, -0.25) is 5.43 Å². The molecule has 0 aliphatic carbocycles. The molecule has 1 aliphatic heterocycles. The molecule has 224 valence electrons. The fourth-order valence-corrected chi connectivity index (χ4v) is 4.56. The van der Waals surface area contributed by atoms with Crippen molar-refractivity contribution in [2.45, 2.75) is 33.0 Å². The summed E-state index contributed by atoms with van der Waals surface area (Å²) in [4.78, 5) is 24.5. The summed E-state index contributed by atoms with van der Waals surface area (Å²) >= 11 is 3.41. The van der Waals surface area contributed by atoms with Crippen LogP contribution < -0.4 is 35.0 Å². The number of nitrogens with zero attached hydrogens (tertiary/aromatic N) is 2. The molecule has 2 aromatic carbocycles. The van der Waals surface area contributed by atoms with E-state index in [2.05, 4.69) is 37.1 Å². The number of aliphatic hydroxyl groups is 1. The summed E-state index contributed by atoms with van der Waals surface area (Å²) in [5.74, 6) is 0.954. The average molecular weight is 646 g/mol. The van der Waals surface area contributed by atoms with Crippen LogP contribution in [0.15, 0.2) is 51.2 Å². The van der Waals surface area contributed by atoms with Gasteiger partial charge < -0.3 is 39.4 Å². The molecule has 4 N–H and O–H groups in total. The van der Waals surface area contributed by atoms with Gasteiger partial charge in [-0.25, -0.2) is 9.59 Å². The van der Waals surface area contributed by atoms with Gasteiger partial charge in [0.15, 0.2) is 35.8 Å². The van der Waals surface area contributed by atoms with E-state index in [0.717, 1.165) is 0 Å². The number of ether oxygens (including phenoxy) is 5. The number of methoxy groups -OCH3 is 1. The first kappa shape index (κ1) is 32.0. The molecule has 0 unspecified atom stereocenters. The Labute approximate surface area is 251 Å². The Morgan fingerprint density at radius 2 is 1.90 bits per heavy atom. The number of allylic oxidation sites excluding steroid dienone is 1. The molecule has 42 heavy (non-hydrogen) atoms. The quantitative estimate of drug-likeness (QED) is 0.103. The second kappa shape index (κ2) is 15.5. The van der Waals surface area contributed by atoms with E-state index in [1.54, 1.807) is 44.2 Å². The van der Waals surface area contributed by atoms with E-state index in [-0.39, 0.29) is 18.8 Å². The lowest BCUT2D eigenvalue weighted by Gasteiger charge is -2.28. The van der Waals surface area contributed by atoms with Gasteiger partial charge in [-0.05, 0) is 72.1 Å². The highest BCUT2D eigenvalue weighted by Gasteiger charge is 2.32. The van der Waals surface area contributed by atoms with Crippen molar-refractivity contribution in [1.82, 2.24) is 16.1 Å². The summed E-state index contributed by atoms with van der Waals surface area (Å²) < 4.78 is 28.0. The number of nitriles is 1. The Hall–Kier alpha value is -4.48. The Balaban J connectivity index is 1.69. The molecule has 0 spiro atoms. The zero-order valence-corrected chi connectivity index (χ0v) is 25.1. The minimum absolute atomic E-state index is 0.131. The van der Waals surface area contributed by atoms with Crippen LogP contribution in [0, 0.1) is 11.3 Å². The highest BCUT2D eigenvalue weighted by atomic mass is 79.9.